The van der Waals surface area contributed by atoms with E-state index < -0.39 is 0 Å². The number of para-hydroxylation sites is 1. The molecule has 0 unspecified atom stereocenters. The third kappa shape index (κ3) is 4.90. The van der Waals surface area contributed by atoms with Crippen LogP contribution in [0.15, 0.2) is 66.3 Å². The van der Waals surface area contributed by atoms with Crippen LogP contribution in [0, 0.1) is 22.7 Å². The predicted octanol–water partition coefficient (Wildman–Crippen LogP) is 3.81. The molecule has 0 spiro atoms. The number of allylic oxidation sites excluding steroid dienone is 3. The quantitative estimate of drug-likeness (QED) is 0.610. The van der Waals surface area contributed by atoms with E-state index in [0.717, 1.165) is 22.6 Å². The van der Waals surface area contributed by atoms with Crippen molar-refractivity contribution >= 4 is 5.70 Å². The van der Waals surface area contributed by atoms with Gasteiger partial charge in [0.1, 0.15) is 35.8 Å². The van der Waals surface area contributed by atoms with Gasteiger partial charge in [0.05, 0.1) is 7.11 Å². The third-order valence-corrected chi connectivity index (χ3v) is 3.66. The monoisotopic (exact) mass is 345 g/mol. The fourth-order valence-corrected chi connectivity index (χ4v) is 2.27. The van der Waals surface area contributed by atoms with Crippen molar-refractivity contribution in [3.05, 3.63) is 77.4 Å². The predicted molar refractivity (Wildman–Crippen MR) is 100 cm³/mol. The minimum atomic E-state index is 0.0365. The molecule has 0 heterocycles. The van der Waals surface area contributed by atoms with Crippen molar-refractivity contribution in [2.75, 3.05) is 14.2 Å². The highest BCUT2D eigenvalue weighted by molar-refractivity contribution is 5.70. The molecular weight excluding hydrogens is 326 g/mol. The highest BCUT2D eigenvalue weighted by Gasteiger charge is 2.07. The third-order valence-electron chi connectivity index (χ3n) is 3.66. The largest absolute Gasteiger partial charge is 0.497 e. The van der Waals surface area contributed by atoms with Crippen molar-refractivity contribution in [1.29, 1.82) is 10.5 Å². The van der Waals surface area contributed by atoms with Crippen LogP contribution in [0.2, 0.25) is 0 Å². The van der Waals surface area contributed by atoms with Gasteiger partial charge in [-0.2, -0.15) is 10.5 Å². The molecule has 130 valence electrons. The average Bonchev–Trinajstić information content (AvgIpc) is 2.71. The molecule has 0 aliphatic heterocycles. The van der Waals surface area contributed by atoms with Crippen LogP contribution in [0.1, 0.15) is 11.1 Å². The highest BCUT2D eigenvalue weighted by Crippen LogP contribution is 2.25. The summed E-state index contributed by atoms with van der Waals surface area (Å²) in [5.41, 5.74) is 2.65. The van der Waals surface area contributed by atoms with Crippen molar-refractivity contribution in [2.45, 2.75) is 6.61 Å². The number of methoxy groups -OCH3 is 1. The molecule has 2 aromatic carbocycles. The summed E-state index contributed by atoms with van der Waals surface area (Å²) in [6.07, 6.45) is 3.17. The van der Waals surface area contributed by atoms with Crippen molar-refractivity contribution in [3.8, 4) is 23.6 Å². The molecule has 26 heavy (non-hydrogen) atoms. The molecule has 0 atom stereocenters. The molecule has 0 saturated carbocycles. The Morgan fingerprint density at radius 2 is 1.73 bits per heavy atom. The second kappa shape index (κ2) is 9.56. The Bertz CT molecular complexity index is 869. The molecule has 0 amide bonds. The van der Waals surface area contributed by atoms with E-state index in [4.69, 9.17) is 20.0 Å². The maximum Gasteiger partial charge on any atom is 0.129 e. The fraction of sp³-hybridized carbons (Fsp3) is 0.143. The van der Waals surface area contributed by atoms with Gasteiger partial charge in [0.2, 0.25) is 0 Å². The lowest BCUT2D eigenvalue weighted by atomic mass is 10.1. The van der Waals surface area contributed by atoms with Gasteiger partial charge in [-0.15, -0.1) is 0 Å². The molecule has 0 saturated heterocycles. The van der Waals surface area contributed by atoms with Gasteiger partial charge in [0.15, 0.2) is 0 Å². The van der Waals surface area contributed by atoms with E-state index in [9.17, 15) is 0 Å². The Hall–Kier alpha value is -3.70. The van der Waals surface area contributed by atoms with Crippen molar-refractivity contribution < 1.29 is 9.47 Å². The van der Waals surface area contributed by atoms with Gasteiger partial charge < -0.3 is 14.8 Å². The van der Waals surface area contributed by atoms with Gasteiger partial charge in [-0.05, 0) is 42.0 Å². The molecule has 1 N–H and O–H groups in total. The number of nitrogens with zero attached hydrogens (tertiary/aromatic N) is 2. The summed E-state index contributed by atoms with van der Waals surface area (Å²) >= 11 is 0. The lowest BCUT2D eigenvalue weighted by molar-refractivity contribution is 0.305. The number of ether oxygens (including phenoxy) is 2. The highest BCUT2D eigenvalue weighted by atomic mass is 16.5. The summed E-state index contributed by atoms with van der Waals surface area (Å²) in [7, 11) is 3.41. The van der Waals surface area contributed by atoms with E-state index in [0.29, 0.717) is 12.4 Å². The van der Waals surface area contributed by atoms with Crippen molar-refractivity contribution in [3.63, 3.8) is 0 Å². The first-order chi connectivity index (χ1) is 12.7. The Balaban J connectivity index is 2.23. The van der Waals surface area contributed by atoms with E-state index in [2.05, 4.69) is 5.32 Å². The Labute approximate surface area is 153 Å². The van der Waals surface area contributed by atoms with Gasteiger partial charge in [-0.25, -0.2) is 0 Å². The molecule has 2 aromatic rings. The summed E-state index contributed by atoms with van der Waals surface area (Å²) < 4.78 is 11.1. The van der Waals surface area contributed by atoms with E-state index in [1.54, 1.807) is 20.2 Å². The Morgan fingerprint density at radius 1 is 1.04 bits per heavy atom. The van der Waals surface area contributed by atoms with Crippen LogP contribution in [0.25, 0.3) is 5.70 Å². The van der Waals surface area contributed by atoms with E-state index in [1.165, 1.54) is 6.08 Å². The Kier molecular flexibility index (Phi) is 6.85. The lowest BCUT2D eigenvalue weighted by Gasteiger charge is -2.14. The minimum absolute atomic E-state index is 0.0365. The summed E-state index contributed by atoms with van der Waals surface area (Å²) in [4.78, 5) is 0. The second-order valence-electron chi connectivity index (χ2n) is 5.27. The second-order valence-corrected chi connectivity index (χ2v) is 5.27. The van der Waals surface area contributed by atoms with Crippen LogP contribution in [0.3, 0.4) is 0 Å². The van der Waals surface area contributed by atoms with E-state index in [-0.39, 0.29) is 5.57 Å². The van der Waals surface area contributed by atoms with Crippen LogP contribution < -0.4 is 14.8 Å². The van der Waals surface area contributed by atoms with E-state index >= 15 is 0 Å². The maximum absolute atomic E-state index is 8.86. The zero-order valence-corrected chi connectivity index (χ0v) is 14.7. The smallest absolute Gasteiger partial charge is 0.129 e. The van der Waals surface area contributed by atoms with Crippen LogP contribution in [-0.4, -0.2) is 14.2 Å². The van der Waals surface area contributed by atoms with E-state index in [1.807, 2.05) is 60.7 Å². The van der Waals surface area contributed by atoms with Gasteiger partial charge in [-0.3, -0.25) is 0 Å². The van der Waals surface area contributed by atoms with Gasteiger partial charge >= 0.3 is 0 Å². The summed E-state index contributed by atoms with van der Waals surface area (Å²) in [6.45, 7) is 0.412. The standard InChI is InChI=1S/C21H19N3O2/c1-24-20(12-9-17(13-22)14-23)19-5-3-4-6-21(19)26-15-16-7-10-18(25-2)11-8-16/h3-12,24H,15H2,1-2H3/b20-12-. The lowest BCUT2D eigenvalue weighted by Crippen LogP contribution is -2.07. The molecule has 0 bridgehead atoms. The van der Waals surface area contributed by atoms with Crippen molar-refractivity contribution in [2.24, 2.45) is 0 Å². The zero-order valence-electron chi connectivity index (χ0n) is 14.7. The normalized spacial score (nSPS) is 10.2. The van der Waals surface area contributed by atoms with Gasteiger partial charge in [0, 0.05) is 18.3 Å². The maximum atomic E-state index is 8.86. The van der Waals surface area contributed by atoms with Crippen LogP contribution >= 0.6 is 0 Å². The number of rotatable bonds is 7. The van der Waals surface area contributed by atoms with Crippen molar-refractivity contribution in [1.82, 2.24) is 5.32 Å². The SMILES string of the molecule is CN/C(=C\C=C(C#N)C#N)c1ccccc1OCc1ccc(OC)cc1. The first-order valence-corrected chi connectivity index (χ1v) is 7.97. The number of hydrogen-bond donors (Lipinski definition) is 1. The number of benzene rings is 2. The fourth-order valence-electron chi connectivity index (χ4n) is 2.27. The molecule has 0 aromatic heterocycles. The summed E-state index contributed by atoms with van der Waals surface area (Å²) in [6, 6.07) is 18.9. The molecule has 0 radical (unpaired) electrons. The van der Waals surface area contributed by atoms with Crippen LogP contribution in [0.5, 0.6) is 11.5 Å². The topological polar surface area (TPSA) is 78.1 Å². The molecule has 0 aliphatic carbocycles. The molecule has 2 rings (SSSR count). The summed E-state index contributed by atoms with van der Waals surface area (Å²) in [5.74, 6) is 1.50. The van der Waals surface area contributed by atoms with Crippen LogP contribution in [-0.2, 0) is 6.61 Å². The van der Waals surface area contributed by atoms with Crippen LogP contribution in [0.4, 0.5) is 0 Å². The molecule has 5 heteroatoms. The minimum Gasteiger partial charge on any atom is -0.497 e. The number of nitriles is 2. The average molecular weight is 345 g/mol. The molecule has 0 aliphatic rings. The first-order valence-electron chi connectivity index (χ1n) is 7.97. The van der Waals surface area contributed by atoms with Gasteiger partial charge in [0.25, 0.3) is 0 Å². The number of nitrogens with one attached hydrogen (secondary N) is 1. The Morgan fingerprint density at radius 3 is 2.35 bits per heavy atom. The molecular formula is C21H19N3O2. The first kappa shape index (κ1) is 18.6. The zero-order chi connectivity index (χ0) is 18.8. The number of hydrogen-bond acceptors (Lipinski definition) is 5. The molecule has 5 nitrogen and oxygen atoms in total. The van der Waals surface area contributed by atoms with Gasteiger partial charge in [-0.1, -0.05) is 24.3 Å². The molecule has 0 fully saturated rings. The summed E-state index contributed by atoms with van der Waals surface area (Å²) in [5, 5.41) is 20.8.